The van der Waals surface area contributed by atoms with E-state index < -0.39 is 6.10 Å². The van der Waals surface area contributed by atoms with Gasteiger partial charge in [0, 0.05) is 26.2 Å². The van der Waals surface area contributed by atoms with Crippen molar-refractivity contribution >= 4 is 11.6 Å². The first-order valence-electron chi connectivity index (χ1n) is 5.92. The van der Waals surface area contributed by atoms with Crippen LogP contribution in [0.2, 0.25) is 0 Å². The Morgan fingerprint density at radius 3 is 2.68 bits per heavy atom. The van der Waals surface area contributed by atoms with Crippen molar-refractivity contribution in [3.63, 3.8) is 0 Å². The summed E-state index contributed by atoms with van der Waals surface area (Å²) in [5.41, 5.74) is 1.12. The van der Waals surface area contributed by atoms with Crippen LogP contribution in [0.15, 0.2) is 18.2 Å². The van der Waals surface area contributed by atoms with Gasteiger partial charge >= 0.3 is 0 Å². The van der Waals surface area contributed by atoms with E-state index in [2.05, 4.69) is 5.32 Å². The van der Waals surface area contributed by atoms with E-state index in [9.17, 15) is 9.90 Å². The van der Waals surface area contributed by atoms with Gasteiger partial charge in [-0.05, 0) is 18.2 Å². The molecule has 1 unspecified atom stereocenters. The molecule has 1 aromatic rings. The Bertz CT molecular complexity index is 435. The summed E-state index contributed by atoms with van der Waals surface area (Å²) >= 11 is 0. The molecule has 0 aliphatic carbocycles. The minimum absolute atomic E-state index is 0.117. The number of amides is 1. The van der Waals surface area contributed by atoms with Gasteiger partial charge in [-0.2, -0.15) is 0 Å². The number of carbonyl (C=O) groups is 1. The normalized spacial score (nSPS) is 11.8. The summed E-state index contributed by atoms with van der Waals surface area (Å²) in [6.07, 6.45) is -0.863. The molecule has 19 heavy (non-hydrogen) atoms. The predicted octanol–water partition coefficient (Wildman–Crippen LogP) is 0.162. The van der Waals surface area contributed by atoms with Crippen molar-refractivity contribution in [1.29, 1.82) is 0 Å². The fourth-order valence-corrected chi connectivity index (χ4v) is 1.53. The Labute approximate surface area is 112 Å². The topological polar surface area (TPSA) is 82.0 Å². The van der Waals surface area contributed by atoms with Crippen molar-refractivity contribution in [2.24, 2.45) is 0 Å². The molecule has 106 valence electrons. The zero-order chi connectivity index (χ0) is 14.4. The lowest BCUT2D eigenvalue weighted by Crippen LogP contribution is -2.24. The molecule has 0 heterocycles. The second-order valence-corrected chi connectivity index (χ2v) is 4.33. The molecule has 0 bridgehead atoms. The van der Waals surface area contributed by atoms with Crippen LogP contribution in [0.4, 0.5) is 5.69 Å². The molecule has 0 aliphatic heterocycles. The van der Waals surface area contributed by atoms with Gasteiger partial charge in [0.05, 0.1) is 25.5 Å². The maximum absolute atomic E-state index is 11.9. The van der Waals surface area contributed by atoms with Gasteiger partial charge in [-0.25, -0.2) is 0 Å². The Morgan fingerprint density at radius 1 is 1.47 bits per heavy atom. The number of nitrogens with one attached hydrogen (secondary N) is 1. The number of rotatable bonds is 6. The van der Waals surface area contributed by atoms with Gasteiger partial charge in [0.15, 0.2) is 0 Å². The molecule has 1 rings (SSSR count). The zero-order valence-electron chi connectivity index (χ0n) is 11.4. The first-order valence-corrected chi connectivity index (χ1v) is 5.92. The highest BCUT2D eigenvalue weighted by Crippen LogP contribution is 2.25. The van der Waals surface area contributed by atoms with Gasteiger partial charge in [0.2, 0.25) is 0 Å². The highest BCUT2D eigenvalue weighted by Gasteiger charge is 2.12. The molecule has 1 aromatic carbocycles. The van der Waals surface area contributed by atoms with Crippen LogP contribution in [0, 0.1) is 0 Å². The van der Waals surface area contributed by atoms with E-state index in [0.29, 0.717) is 17.0 Å². The number of aliphatic hydroxyl groups excluding tert-OH is 2. The fourth-order valence-electron chi connectivity index (χ4n) is 1.53. The van der Waals surface area contributed by atoms with Crippen LogP contribution < -0.4 is 10.1 Å². The summed E-state index contributed by atoms with van der Waals surface area (Å²) in [6, 6.07) is 5.02. The monoisotopic (exact) mass is 268 g/mol. The minimum atomic E-state index is -0.863. The van der Waals surface area contributed by atoms with Crippen molar-refractivity contribution in [2.75, 3.05) is 39.7 Å². The number of carbonyl (C=O) groups excluding carboxylic acids is 1. The van der Waals surface area contributed by atoms with Gasteiger partial charge in [-0.1, -0.05) is 0 Å². The summed E-state index contributed by atoms with van der Waals surface area (Å²) in [7, 11) is 4.88. The Balaban J connectivity index is 2.93. The first-order chi connectivity index (χ1) is 8.99. The molecule has 0 radical (unpaired) electrons. The van der Waals surface area contributed by atoms with Crippen molar-refractivity contribution in [2.45, 2.75) is 6.10 Å². The van der Waals surface area contributed by atoms with Gasteiger partial charge < -0.3 is 25.2 Å². The number of anilines is 1. The molecular formula is C13H20N2O4. The quantitative estimate of drug-likeness (QED) is 0.685. The van der Waals surface area contributed by atoms with Crippen molar-refractivity contribution in [1.82, 2.24) is 4.90 Å². The number of ether oxygens (including phenoxy) is 1. The smallest absolute Gasteiger partial charge is 0.253 e. The maximum Gasteiger partial charge on any atom is 0.253 e. The number of aliphatic hydroxyl groups is 2. The molecule has 0 aromatic heterocycles. The number of nitrogens with zero attached hydrogens (tertiary/aromatic N) is 1. The number of methoxy groups -OCH3 is 1. The molecule has 0 saturated carbocycles. The summed E-state index contributed by atoms with van der Waals surface area (Å²) in [5.74, 6) is 0.453. The van der Waals surface area contributed by atoms with E-state index in [4.69, 9.17) is 9.84 Å². The van der Waals surface area contributed by atoms with Crippen LogP contribution in [0.5, 0.6) is 5.75 Å². The van der Waals surface area contributed by atoms with Crippen LogP contribution in [0.3, 0.4) is 0 Å². The average Bonchev–Trinajstić information content (AvgIpc) is 2.43. The SMILES string of the molecule is COc1ccc(C(=O)N(C)C)cc1NCC(O)CO. The van der Waals surface area contributed by atoms with E-state index in [1.807, 2.05) is 0 Å². The lowest BCUT2D eigenvalue weighted by Gasteiger charge is -2.16. The van der Waals surface area contributed by atoms with E-state index in [0.717, 1.165) is 0 Å². The van der Waals surface area contributed by atoms with Crippen LogP contribution in [-0.4, -0.2) is 61.5 Å². The molecular weight excluding hydrogens is 248 g/mol. The van der Waals surface area contributed by atoms with Crippen molar-refractivity contribution in [3.05, 3.63) is 23.8 Å². The Morgan fingerprint density at radius 2 is 2.16 bits per heavy atom. The van der Waals surface area contributed by atoms with Crippen LogP contribution in [0.1, 0.15) is 10.4 Å². The van der Waals surface area contributed by atoms with E-state index in [1.165, 1.54) is 12.0 Å². The summed E-state index contributed by atoms with van der Waals surface area (Å²) in [5, 5.41) is 21.0. The van der Waals surface area contributed by atoms with Gasteiger partial charge in [-0.15, -0.1) is 0 Å². The molecule has 3 N–H and O–H groups in total. The predicted molar refractivity (Wildman–Crippen MR) is 72.6 cm³/mol. The lowest BCUT2D eigenvalue weighted by molar-refractivity contribution is 0.0827. The number of hydrogen-bond donors (Lipinski definition) is 3. The third kappa shape index (κ3) is 4.11. The minimum Gasteiger partial charge on any atom is -0.495 e. The second kappa shape index (κ2) is 6.96. The Kier molecular flexibility index (Phi) is 5.59. The summed E-state index contributed by atoms with van der Waals surface area (Å²) in [6.45, 7) is -0.155. The molecule has 1 amide bonds. The van der Waals surface area contributed by atoms with Gasteiger partial charge in [0.25, 0.3) is 5.91 Å². The molecule has 6 nitrogen and oxygen atoms in total. The number of hydrogen-bond acceptors (Lipinski definition) is 5. The van der Waals surface area contributed by atoms with Crippen LogP contribution in [-0.2, 0) is 0 Å². The molecule has 0 fully saturated rings. The van der Waals surface area contributed by atoms with Crippen LogP contribution >= 0.6 is 0 Å². The second-order valence-electron chi connectivity index (χ2n) is 4.33. The highest BCUT2D eigenvalue weighted by molar-refractivity contribution is 5.95. The summed E-state index contributed by atoms with van der Waals surface area (Å²) < 4.78 is 5.17. The van der Waals surface area contributed by atoms with Crippen molar-refractivity contribution in [3.8, 4) is 5.75 Å². The average molecular weight is 268 g/mol. The van der Waals surface area contributed by atoms with E-state index in [1.54, 1.807) is 32.3 Å². The first kappa shape index (κ1) is 15.3. The van der Waals surface area contributed by atoms with Crippen molar-refractivity contribution < 1.29 is 19.7 Å². The molecule has 6 heteroatoms. The standard InChI is InChI=1S/C13H20N2O4/c1-15(2)13(18)9-4-5-12(19-3)11(6-9)14-7-10(17)8-16/h4-6,10,14,16-17H,7-8H2,1-3H3. The fraction of sp³-hybridized carbons (Fsp3) is 0.462. The van der Waals surface area contributed by atoms with E-state index >= 15 is 0 Å². The molecule has 1 atom stereocenters. The van der Waals surface area contributed by atoms with E-state index in [-0.39, 0.29) is 19.1 Å². The lowest BCUT2D eigenvalue weighted by atomic mass is 10.1. The number of benzene rings is 1. The molecule has 0 spiro atoms. The molecule has 0 aliphatic rings. The Hall–Kier alpha value is -1.79. The van der Waals surface area contributed by atoms with Gasteiger partial charge in [-0.3, -0.25) is 4.79 Å². The maximum atomic E-state index is 11.9. The third-order valence-electron chi connectivity index (χ3n) is 2.59. The third-order valence-corrected chi connectivity index (χ3v) is 2.59. The molecule has 0 saturated heterocycles. The zero-order valence-corrected chi connectivity index (χ0v) is 11.4. The summed E-state index contributed by atoms with van der Waals surface area (Å²) in [4.78, 5) is 13.3. The highest BCUT2D eigenvalue weighted by atomic mass is 16.5. The largest absolute Gasteiger partial charge is 0.495 e. The van der Waals surface area contributed by atoms with Gasteiger partial charge in [0.1, 0.15) is 5.75 Å². The van der Waals surface area contributed by atoms with Crippen LogP contribution in [0.25, 0.3) is 0 Å².